The van der Waals surface area contributed by atoms with E-state index in [1.165, 1.54) is 0 Å². The minimum atomic E-state index is -0.487. The van der Waals surface area contributed by atoms with Gasteiger partial charge in [0, 0.05) is 43.9 Å². The van der Waals surface area contributed by atoms with E-state index in [0.717, 1.165) is 36.9 Å². The number of aromatic nitrogens is 1. The summed E-state index contributed by atoms with van der Waals surface area (Å²) in [5.41, 5.74) is 1.18. The van der Waals surface area contributed by atoms with Gasteiger partial charge in [-0.05, 0) is 77.3 Å². The Hall–Kier alpha value is -2.97. The zero-order valence-electron chi connectivity index (χ0n) is 21.5. The minimum Gasteiger partial charge on any atom is -0.460 e. The molecule has 1 aromatic rings. The molecule has 0 spiro atoms. The summed E-state index contributed by atoms with van der Waals surface area (Å²) in [5.74, 6) is -0.900. The normalized spacial score (nSPS) is 25.8. The van der Waals surface area contributed by atoms with Crippen molar-refractivity contribution in [2.45, 2.75) is 89.7 Å². The smallest absolute Gasteiger partial charge is 0.309 e. The lowest BCUT2D eigenvalue weighted by Crippen LogP contribution is -2.45. The van der Waals surface area contributed by atoms with Crippen molar-refractivity contribution in [2.75, 3.05) is 18.4 Å². The van der Waals surface area contributed by atoms with Gasteiger partial charge in [0.05, 0.1) is 17.5 Å². The second-order valence-electron chi connectivity index (χ2n) is 11.3. The monoisotopic (exact) mass is 498 g/mol. The zero-order chi connectivity index (χ0) is 25.9. The largest absolute Gasteiger partial charge is 0.460 e. The Bertz CT molecular complexity index is 988. The van der Waals surface area contributed by atoms with Crippen LogP contribution in [-0.2, 0) is 23.9 Å². The van der Waals surface area contributed by atoms with Gasteiger partial charge in [0.25, 0.3) is 0 Å². The highest BCUT2D eigenvalue weighted by Crippen LogP contribution is 2.31. The Balaban J connectivity index is 1.23. The lowest BCUT2D eigenvalue weighted by atomic mass is 9.84. The van der Waals surface area contributed by atoms with Crippen LogP contribution in [0.1, 0.15) is 83.6 Å². The quantitative estimate of drug-likeness (QED) is 0.473. The molecule has 3 fully saturated rings. The number of likely N-dealkylation sites (tertiary alicyclic amines) is 1. The molecule has 1 aliphatic carbocycles. The summed E-state index contributed by atoms with van der Waals surface area (Å²) in [5, 5.41) is 5.93. The Morgan fingerprint density at radius 3 is 2.33 bits per heavy atom. The number of pyridine rings is 1. The summed E-state index contributed by atoms with van der Waals surface area (Å²) in [6.45, 7) is 6.85. The van der Waals surface area contributed by atoms with E-state index in [2.05, 4.69) is 15.6 Å². The lowest BCUT2D eigenvalue weighted by molar-refractivity contribution is -0.162. The highest BCUT2D eigenvalue weighted by Gasteiger charge is 2.34. The molecule has 0 radical (unpaired) electrons. The van der Waals surface area contributed by atoms with Crippen molar-refractivity contribution in [1.29, 1.82) is 0 Å². The number of carbonyl (C=O) groups excluding carboxylic acids is 4. The lowest BCUT2D eigenvalue weighted by Gasteiger charge is -2.36. The molecule has 36 heavy (non-hydrogen) atoms. The predicted octanol–water partition coefficient (Wildman–Crippen LogP) is 3.15. The van der Waals surface area contributed by atoms with Crippen LogP contribution < -0.4 is 10.6 Å². The van der Waals surface area contributed by atoms with Gasteiger partial charge in [0.15, 0.2) is 0 Å². The summed E-state index contributed by atoms with van der Waals surface area (Å²) in [6, 6.07) is 2.19. The average molecular weight is 499 g/mol. The SMILES string of the molecule is CC(C)(C)OC(=O)C1CCN(C(=O)[C@H]2CC[C@H](Nc3cncc(C4CCC(=O)NC4=O)c3)CC2)CC1. The Labute approximate surface area is 212 Å². The molecule has 2 N–H and O–H groups in total. The van der Waals surface area contributed by atoms with Gasteiger partial charge in [-0.2, -0.15) is 0 Å². The fraction of sp³-hybridized carbons (Fsp3) is 0.667. The molecule has 196 valence electrons. The number of nitrogens with zero attached hydrogens (tertiary/aromatic N) is 2. The number of esters is 1. The van der Waals surface area contributed by atoms with Gasteiger partial charge >= 0.3 is 5.97 Å². The van der Waals surface area contributed by atoms with E-state index >= 15 is 0 Å². The van der Waals surface area contributed by atoms with Gasteiger partial charge in [0.2, 0.25) is 17.7 Å². The van der Waals surface area contributed by atoms with Crippen LogP contribution in [-0.4, -0.2) is 58.3 Å². The van der Waals surface area contributed by atoms with Crippen molar-refractivity contribution in [1.82, 2.24) is 15.2 Å². The first-order valence-electron chi connectivity index (χ1n) is 13.2. The van der Waals surface area contributed by atoms with Gasteiger partial charge in [-0.1, -0.05) is 0 Å². The first-order valence-corrected chi connectivity index (χ1v) is 13.2. The van der Waals surface area contributed by atoms with E-state index in [4.69, 9.17) is 4.74 Å². The maximum absolute atomic E-state index is 13.1. The van der Waals surface area contributed by atoms with E-state index in [1.807, 2.05) is 31.7 Å². The topological polar surface area (TPSA) is 118 Å². The molecular formula is C27H38N4O5. The number of rotatable bonds is 5. The van der Waals surface area contributed by atoms with Crippen molar-refractivity contribution >= 4 is 29.4 Å². The molecule has 3 aliphatic rings. The fourth-order valence-electron chi connectivity index (χ4n) is 5.44. The van der Waals surface area contributed by atoms with Crippen LogP contribution in [0.2, 0.25) is 0 Å². The second-order valence-corrected chi connectivity index (χ2v) is 11.3. The number of ether oxygens (including phenoxy) is 1. The van der Waals surface area contributed by atoms with E-state index in [9.17, 15) is 19.2 Å². The highest BCUT2D eigenvalue weighted by molar-refractivity contribution is 6.01. The molecule has 3 heterocycles. The molecule has 1 atom stereocenters. The molecule has 1 saturated carbocycles. The number of anilines is 1. The first-order chi connectivity index (χ1) is 17.1. The van der Waals surface area contributed by atoms with E-state index in [-0.39, 0.29) is 47.5 Å². The highest BCUT2D eigenvalue weighted by atomic mass is 16.6. The number of nitrogens with one attached hydrogen (secondary N) is 2. The van der Waals surface area contributed by atoms with Gasteiger partial charge in [-0.3, -0.25) is 29.5 Å². The summed E-state index contributed by atoms with van der Waals surface area (Å²) < 4.78 is 5.51. The predicted molar refractivity (Wildman–Crippen MR) is 134 cm³/mol. The van der Waals surface area contributed by atoms with Crippen molar-refractivity contribution < 1.29 is 23.9 Å². The maximum atomic E-state index is 13.1. The molecule has 0 bridgehead atoms. The van der Waals surface area contributed by atoms with E-state index in [0.29, 0.717) is 38.8 Å². The molecule has 0 aromatic carbocycles. The summed E-state index contributed by atoms with van der Waals surface area (Å²) >= 11 is 0. The van der Waals surface area contributed by atoms with Crippen LogP contribution in [0.15, 0.2) is 18.5 Å². The van der Waals surface area contributed by atoms with Crippen molar-refractivity contribution in [3.8, 4) is 0 Å². The van der Waals surface area contributed by atoms with Gasteiger partial charge in [-0.15, -0.1) is 0 Å². The minimum absolute atomic E-state index is 0.0223. The fourth-order valence-corrected chi connectivity index (χ4v) is 5.44. The van der Waals surface area contributed by atoms with E-state index in [1.54, 1.807) is 12.4 Å². The second kappa shape index (κ2) is 11.0. The third-order valence-electron chi connectivity index (χ3n) is 7.39. The van der Waals surface area contributed by atoms with Crippen LogP contribution in [0.3, 0.4) is 0 Å². The van der Waals surface area contributed by atoms with Crippen LogP contribution >= 0.6 is 0 Å². The molecule has 9 heteroatoms. The molecule has 1 unspecified atom stereocenters. The van der Waals surface area contributed by atoms with Crippen LogP contribution in [0.5, 0.6) is 0 Å². The number of carbonyl (C=O) groups is 4. The van der Waals surface area contributed by atoms with Crippen LogP contribution in [0, 0.1) is 11.8 Å². The molecular weight excluding hydrogens is 460 g/mol. The van der Waals surface area contributed by atoms with Crippen molar-refractivity contribution in [2.24, 2.45) is 11.8 Å². The molecule has 4 rings (SSSR count). The molecule has 1 aromatic heterocycles. The number of piperidine rings is 2. The Kier molecular flexibility index (Phi) is 7.95. The molecule has 9 nitrogen and oxygen atoms in total. The maximum Gasteiger partial charge on any atom is 0.309 e. The third-order valence-corrected chi connectivity index (χ3v) is 7.39. The summed E-state index contributed by atoms with van der Waals surface area (Å²) in [6.07, 6.45) is 9.01. The van der Waals surface area contributed by atoms with E-state index < -0.39 is 5.60 Å². The first kappa shape index (κ1) is 26.1. The molecule has 2 saturated heterocycles. The van der Waals surface area contributed by atoms with Crippen molar-refractivity contribution in [3.63, 3.8) is 0 Å². The molecule has 3 amide bonds. The zero-order valence-corrected chi connectivity index (χ0v) is 21.5. The standard InChI is InChI=1S/C27H38N4O5/c1-27(2,3)36-26(35)18-10-12-31(13-11-18)25(34)17-4-6-20(7-5-17)29-21-14-19(15-28-16-21)22-8-9-23(32)30-24(22)33/h14-18,20,22,29H,4-13H2,1-3H3,(H,30,32,33)/t17-,20-,22?. The van der Waals surface area contributed by atoms with Gasteiger partial charge < -0.3 is 15.0 Å². The van der Waals surface area contributed by atoms with Crippen molar-refractivity contribution in [3.05, 3.63) is 24.0 Å². The molecule has 2 aliphatic heterocycles. The van der Waals surface area contributed by atoms with Crippen LogP contribution in [0.25, 0.3) is 0 Å². The van der Waals surface area contributed by atoms with Crippen LogP contribution in [0.4, 0.5) is 5.69 Å². The number of hydrogen-bond acceptors (Lipinski definition) is 7. The van der Waals surface area contributed by atoms with Gasteiger partial charge in [0.1, 0.15) is 5.60 Å². The number of amides is 3. The van der Waals surface area contributed by atoms with Gasteiger partial charge in [-0.25, -0.2) is 0 Å². The Morgan fingerprint density at radius 1 is 1.00 bits per heavy atom. The number of hydrogen-bond donors (Lipinski definition) is 2. The number of imide groups is 1. The Morgan fingerprint density at radius 2 is 1.69 bits per heavy atom. The summed E-state index contributed by atoms with van der Waals surface area (Å²) in [4.78, 5) is 55.3. The summed E-state index contributed by atoms with van der Waals surface area (Å²) in [7, 11) is 0. The third kappa shape index (κ3) is 6.62. The average Bonchev–Trinajstić information content (AvgIpc) is 2.83.